The van der Waals surface area contributed by atoms with Gasteiger partial charge in [0.2, 0.25) is 0 Å². The first-order chi connectivity index (χ1) is 11.6. The number of anilines is 1. The molecule has 3 aromatic rings. The Morgan fingerprint density at radius 3 is 2.58 bits per heavy atom. The van der Waals surface area contributed by atoms with E-state index in [1.54, 1.807) is 6.92 Å². The molecule has 0 aliphatic carbocycles. The van der Waals surface area contributed by atoms with E-state index in [1.807, 2.05) is 24.3 Å². The third-order valence-electron chi connectivity index (χ3n) is 4.08. The predicted octanol–water partition coefficient (Wildman–Crippen LogP) is 3.91. The molecule has 5 nitrogen and oxygen atoms in total. The zero-order valence-electron chi connectivity index (χ0n) is 13.6. The van der Waals surface area contributed by atoms with Crippen molar-refractivity contribution in [3.8, 4) is 0 Å². The molecule has 0 fully saturated rings. The number of nitrogens with one attached hydrogen (secondary N) is 1. The fourth-order valence-corrected chi connectivity index (χ4v) is 2.77. The molecule has 1 atom stereocenters. The van der Waals surface area contributed by atoms with Gasteiger partial charge in [-0.15, -0.1) is 5.11 Å². The van der Waals surface area contributed by atoms with Gasteiger partial charge in [0.25, 0.3) is 0 Å². The van der Waals surface area contributed by atoms with Gasteiger partial charge in [-0.3, -0.25) is 0 Å². The lowest BCUT2D eigenvalue weighted by atomic mass is 10.0. The third kappa shape index (κ3) is 3.36. The standard InChI is InChI=1S/C19H21N5/c1-19(20,23-24-21)16-9-5-10-17(12-16)22-13-15-8-4-7-14-6-2-3-11-18(14)15/h2-12,22H,13,20H2,1H3,(H2,21,23). The molecule has 0 spiro atoms. The van der Waals surface area contributed by atoms with Crippen molar-refractivity contribution in [3.63, 3.8) is 0 Å². The summed E-state index contributed by atoms with van der Waals surface area (Å²) in [4.78, 5) is 0. The average Bonchev–Trinajstić information content (AvgIpc) is 2.60. The van der Waals surface area contributed by atoms with Gasteiger partial charge in [-0.05, 0) is 41.0 Å². The first kappa shape index (κ1) is 16.0. The Balaban J connectivity index is 1.82. The van der Waals surface area contributed by atoms with Gasteiger partial charge in [0.05, 0.1) is 0 Å². The van der Waals surface area contributed by atoms with Crippen molar-refractivity contribution < 1.29 is 0 Å². The molecular weight excluding hydrogens is 298 g/mol. The van der Waals surface area contributed by atoms with Gasteiger partial charge in [-0.2, -0.15) is 0 Å². The number of nitrogens with zero attached hydrogens (tertiary/aromatic N) is 2. The maximum absolute atomic E-state index is 6.13. The van der Waals surface area contributed by atoms with Crippen LogP contribution in [0.25, 0.3) is 10.8 Å². The Hall–Kier alpha value is -2.92. The molecule has 1 unspecified atom stereocenters. The predicted molar refractivity (Wildman–Crippen MR) is 98.3 cm³/mol. The normalized spacial score (nSPS) is 13.9. The highest BCUT2D eigenvalue weighted by Crippen LogP contribution is 2.24. The van der Waals surface area contributed by atoms with Crippen molar-refractivity contribution >= 4 is 16.5 Å². The lowest BCUT2D eigenvalue weighted by Gasteiger charge is -2.19. The third-order valence-corrected chi connectivity index (χ3v) is 4.08. The SMILES string of the molecule is CC(N)(N=NN)c1cccc(NCc2cccc3ccccc23)c1. The van der Waals surface area contributed by atoms with Gasteiger partial charge < -0.3 is 16.9 Å². The fraction of sp³-hybridized carbons (Fsp3) is 0.158. The quantitative estimate of drug-likeness (QED) is 0.378. The maximum Gasteiger partial charge on any atom is 0.154 e. The Kier molecular flexibility index (Phi) is 4.44. The minimum absolute atomic E-state index is 0.727. The van der Waals surface area contributed by atoms with Crippen molar-refractivity contribution in [2.24, 2.45) is 21.9 Å². The summed E-state index contributed by atoms with van der Waals surface area (Å²) in [6.07, 6.45) is 0. The van der Waals surface area contributed by atoms with Crippen LogP contribution in [0.5, 0.6) is 0 Å². The number of hydrogen-bond donors (Lipinski definition) is 3. The van der Waals surface area contributed by atoms with E-state index >= 15 is 0 Å². The number of nitrogens with two attached hydrogens (primary N) is 2. The van der Waals surface area contributed by atoms with Gasteiger partial charge in [0.1, 0.15) is 0 Å². The summed E-state index contributed by atoms with van der Waals surface area (Å²) in [5.74, 6) is 5.14. The highest BCUT2D eigenvalue weighted by Gasteiger charge is 2.20. The lowest BCUT2D eigenvalue weighted by Crippen LogP contribution is -2.30. The van der Waals surface area contributed by atoms with Crippen LogP contribution < -0.4 is 16.9 Å². The van der Waals surface area contributed by atoms with Crippen LogP contribution in [0, 0.1) is 0 Å². The first-order valence-electron chi connectivity index (χ1n) is 7.82. The maximum atomic E-state index is 6.13. The second kappa shape index (κ2) is 6.68. The van der Waals surface area contributed by atoms with Gasteiger partial charge >= 0.3 is 0 Å². The topological polar surface area (TPSA) is 88.8 Å². The second-order valence-corrected chi connectivity index (χ2v) is 5.94. The number of rotatable bonds is 5. The van der Waals surface area contributed by atoms with Crippen molar-refractivity contribution in [2.45, 2.75) is 19.1 Å². The average molecular weight is 319 g/mol. The molecule has 5 N–H and O–H groups in total. The first-order valence-corrected chi connectivity index (χ1v) is 7.82. The van der Waals surface area contributed by atoms with Gasteiger partial charge in [0, 0.05) is 12.2 Å². The van der Waals surface area contributed by atoms with E-state index in [0.717, 1.165) is 17.8 Å². The van der Waals surface area contributed by atoms with E-state index in [-0.39, 0.29) is 0 Å². The van der Waals surface area contributed by atoms with Crippen molar-refractivity contribution in [2.75, 3.05) is 5.32 Å². The monoisotopic (exact) mass is 319 g/mol. The largest absolute Gasteiger partial charge is 0.381 e. The van der Waals surface area contributed by atoms with Crippen molar-refractivity contribution in [1.29, 1.82) is 0 Å². The summed E-state index contributed by atoms with van der Waals surface area (Å²) in [6, 6.07) is 22.5. The molecule has 0 aliphatic rings. The van der Waals surface area contributed by atoms with Crippen LogP contribution in [-0.4, -0.2) is 0 Å². The summed E-state index contributed by atoms with van der Waals surface area (Å²) in [6.45, 7) is 2.50. The van der Waals surface area contributed by atoms with Crippen molar-refractivity contribution in [1.82, 2.24) is 0 Å². The van der Waals surface area contributed by atoms with Gasteiger partial charge in [-0.1, -0.05) is 59.8 Å². The zero-order chi connectivity index (χ0) is 17.0. The molecule has 24 heavy (non-hydrogen) atoms. The smallest absolute Gasteiger partial charge is 0.154 e. The summed E-state index contributed by atoms with van der Waals surface area (Å²) in [5.41, 5.74) is 8.26. The molecule has 0 aromatic heterocycles. The van der Waals surface area contributed by atoms with Crippen LogP contribution in [0.4, 0.5) is 5.69 Å². The lowest BCUT2D eigenvalue weighted by molar-refractivity contribution is 0.487. The van der Waals surface area contributed by atoms with Gasteiger partial charge in [0.15, 0.2) is 5.66 Å². The number of fused-ring (bicyclic) bond motifs is 1. The summed E-state index contributed by atoms with van der Waals surface area (Å²) >= 11 is 0. The van der Waals surface area contributed by atoms with E-state index in [4.69, 9.17) is 11.6 Å². The Bertz CT molecular complexity index is 865. The molecule has 3 aromatic carbocycles. The van der Waals surface area contributed by atoms with E-state index in [0.29, 0.717) is 0 Å². The molecule has 3 rings (SSSR count). The molecule has 0 amide bonds. The van der Waals surface area contributed by atoms with E-state index in [9.17, 15) is 0 Å². The summed E-state index contributed by atoms with van der Waals surface area (Å²) in [7, 11) is 0. The van der Waals surface area contributed by atoms with Crippen LogP contribution >= 0.6 is 0 Å². The highest BCUT2D eigenvalue weighted by molar-refractivity contribution is 5.85. The Morgan fingerprint density at radius 1 is 1.00 bits per heavy atom. The molecular formula is C19H21N5. The summed E-state index contributed by atoms with van der Waals surface area (Å²) < 4.78 is 0. The summed E-state index contributed by atoms with van der Waals surface area (Å²) in [5, 5.41) is 13.1. The number of hydrogen-bond acceptors (Lipinski definition) is 4. The minimum atomic E-state index is -0.939. The zero-order valence-corrected chi connectivity index (χ0v) is 13.6. The fourth-order valence-electron chi connectivity index (χ4n) is 2.77. The van der Waals surface area contributed by atoms with E-state index < -0.39 is 5.66 Å². The van der Waals surface area contributed by atoms with Gasteiger partial charge in [-0.25, -0.2) is 0 Å². The molecule has 5 heteroatoms. The molecule has 0 saturated carbocycles. The molecule has 0 saturated heterocycles. The second-order valence-electron chi connectivity index (χ2n) is 5.94. The van der Waals surface area contributed by atoms with E-state index in [2.05, 4.69) is 58.1 Å². The molecule has 0 aliphatic heterocycles. The van der Waals surface area contributed by atoms with Crippen LogP contribution in [0.1, 0.15) is 18.1 Å². The highest BCUT2D eigenvalue weighted by atomic mass is 15.4. The van der Waals surface area contributed by atoms with E-state index in [1.165, 1.54) is 16.3 Å². The Morgan fingerprint density at radius 2 is 1.75 bits per heavy atom. The van der Waals surface area contributed by atoms with Crippen LogP contribution in [0.2, 0.25) is 0 Å². The number of benzene rings is 3. The van der Waals surface area contributed by atoms with Crippen LogP contribution in [0.15, 0.2) is 77.1 Å². The molecule has 0 heterocycles. The minimum Gasteiger partial charge on any atom is -0.381 e. The Labute approximate surface area is 141 Å². The molecule has 0 radical (unpaired) electrons. The van der Waals surface area contributed by atoms with Crippen LogP contribution in [0.3, 0.4) is 0 Å². The molecule has 122 valence electrons. The molecule has 0 bridgehead atoms. The van der Waals surface area contributed by atoms with Crippen LogP contribution in [-0.2, 0) is 12.2 Å². The van der Waals surface area contributed by atoms with Crippen molar-refractivity contribution in [3.05, 3.63) is 77.9 Å².